The van der Waals surface area contributed by atoms with Gasteiger partial charge in [-0.05, 0) is 71.2 Å². The van der Waals surface area contributed by atoms with Crippen LogP contribution in [0.3, 0.4) is 0 Å². The van der Waals surface area contributed by atoms with E-state index in [0.29, 0.717) is 5.71 Å². The number of nitrogens with two attached hydrogens (primary N) is 2. The topological polar surface area (TPSA) is 75.9 Å². The summed E-state index contributed by atoms with van der Waals surface area (Å²) >= 11 is 0. The summed E-state index contributed by atoms with van der Waals surface area (Å²) in [6.07, 6.45) is 7.55. The van der Waals surface area contributed by atoms with Crippen LogP contribution in [-0.4, -0.2) is 35.3 Å². The van der Waals surface area contributed by atoms with Gasteiger partial charge in [0.2, 0.25) is 0 Å². The molecular weight excluding hydrogens is 341 g/mol. The molecule has 2 aromatic rings. The first kappa shape index (κ1) is 21.3. The van der Waals surface area contributed by atoms with Crippen LogP contribution in [0.5, 0.6) is 0 Å². The van der Waals surface area contributed by atoms with Crippen molar-refractivity contribution in [2.24, 2.45) is 0 Å². The van der Waals surface area contributed by atoms with E-state index in [9.17, 15) is 0 Å². The molecule has 5 heteroatoms. The molecule has 0 bridgehead atoms. The predicted molar refractivity (Wildman–Crippen MR) is 113 cm³/mol. The maximum atomic E-state index is 7.69. The molecule has 2 aromatic carbocycles. The van der Waals surface area contributed by atoms with Crippen LogP contribution in [0, 0.1) is 12.3 Å². The van der Waals surface area contributed by atoms with Gasteiger partial charge in [-0.25, -0.2) is 0 Å². The number of hydrogen-bond acceptors (Lipinski definition) is 3. The molecule has 0 saturated carbocycles. The third-order valence-corrected chi connectivity index (χ3v) is 3.93. The number of hydrogen-bond donors (Lipinski definition) is 3. The number of nitrogen functional groups attached to an aromatic ring is 2. The van der Waals surface area contributed by atoms with Gasteiger partial charge < -0.3 is 16.9 Å². The summed E-state index contributed by atoms with van der Waals surface area (Å²) in [6, 6.07) is 13.9. The summed E-state index contributed by atoms with van der Waals surface area (Å²) in [4.78, 5) is 0. The van der Waals surface area contributed by atoms with E-state index in [0.717, 1.165) is 39.2 Å². The average molecular weight is 362 g/mol. The Labute approximate surface area is 176 Å². The van der Waals surface area contributed by atoms with Crippen molar-refractivity contribution in [3.05, 3.63) is 89.0 Å². The van der Waals surface area contributed by atoms with Crippen molar-refractivity contribution < 1.29 is 0 Å². The first-order valence-corrected chi connectivity index (χ1v) is 7.46. The predicted octanol–water partition coefficient (Wildman–Crippen LogP) is 3.88. The summed E-state index contributed by atoms with van der Waals surface area (Å²) in [7, 11) is 0. The minimum atomic E-state index is 0. The molecule has 1 aliphatic carbocycles. The van der Waals surface area contributed by atoms with Crippen LogP contribution in [0.25, 0.3) is 5.57 Å². The monoisotopic (exact) mass is 361 g/mol. The Morgan fingerprint density at radius 3 is 1.96 bits per heavy atom. The summed E-state index contributed by atoms with van der Waals surface area (Å²) in [6.45, 7) is 2.01. The van der Waals surface area contributed by atoms with Crippen molar-refractivity contribution in [2.75, 3.05) is 11.5 Å². The Morgan fingerprint density at radius 2 is 1.40 bits per heavy atom. The van der Waals surface area contributed by atoms with Gasteiger partial charge in [0.15, 0.2) is 0 Å². The second-order valence-corrected chi connectivity index (χ2v) is 5.65. The van der Waals surface area contributed by atoms with Gasteiger partial charge in [0, 0.05) is 11.4 Å². The van der Waals surface area contributed by atoms with E-state index in [2.05, 4.69) is 6.07 Å². The number of benzene rings is 2. The van der Waals surface area contributed by atoms with Crippen molar-refractivity contribution in [1.82, 2.24) is 0 Å². The van der Waals surface area contributed by atoms with Gasteiger partial charge in [0.1, 0.15) is 0 Å². The van der Waals surface area contributed by atoms with Crippen LogP contribution in [0.2, 0.25) is 0 Å². The Kier molecular flexibility index (Phi) is 7.71. The quantitative estimate of drug-likeness (QED) is 0.560. The fourth-order valence-electron chi connectivity index (χ4n) is 2.62. The van der Waals surface area contributed by atoms with Crippen LogP contribution in [-0.2, 0) is 0 Å². The second-order valence-electron chi connectivity index (χ2n) is 5.65. The van der Waals surface area contributed by atoms with E-state index in [1.54, 1.807) is 12.2 Å². The van der Waals surface area contributed by atoms with Crippen molar-refractivity contribution in [1.29, 1.82) is 5.41 Å². The fourth-order valence-corrected chi connectivity index (χ4v) is 2.62. The average Bonchev–Trinajstić information content (AvgIpc) is 2.55. The van der Waals surface area contributed by atoms with Gasteiger partial charge in [0.25, 0.3) is 0 Å². The Morgan fingerprint density at radius 1 is 0.840 bits per heavy atom. The number of halogens is 1. The van der Waals surface area contributed by atoms with E-state index in [1.165, 1.54) is 0 Å². The molecule has 0 unspecified atom stereocenters. The molecule has 0 spiro atoms. The van der Waals surface area contributed by atoms with Gasteiger partial charge in [-0.15, -0.1) is 12.4 Å². The van der Waals surface area contributed by atoms with E-state index in [-0.39, 0.29) is 42.0 Å². The molecule has 5 N–H and O–H groups in total. The molecule has 25 heavy (non-hydrogen) atoms. The summed E-state index contributed by atoms with van der Waals surface area (Å²) in [5.74, 6) is 0. The van der Waals surface area contributed by atoms with E-state index < -0.39 is 0 Å². The second kappa shape index (κ2) is 9.07. The Hall–Kier alpha value is -1.78. The molecule has 0 radical (unpaired) electrons. The third kappa shape index (κ3) is 4.86. The summed E-state index contributed by atoms with van der Waals surface area (Å²) < 4.78 is 0. The molecule has 1 aliphatic rings. The van der Waals surface area contributed by atoms with Gasteiger partial charge in [0.05, 0.1) is 5.71 Å². The maximum absolute atomic E-state index is 7.69. The molecule has 0 fully saturated rings. The Balaban J connectivity index is 0.00000156. The standard InChI is InChI=1S/C20H19N3.ClH.Na.H/c1-13-12-16(6-11-19(13)23)20(14-2-7-17(21)8-3-14)15-4-9-18(22)10-5-15;;;/h2-12,21H,22-23H2,1H3;1H;;. The van der Waals surface area contributed by atoms with E-state index >= 15 is 0 Å². The molecule has 0 aliphatic heterocycles. The van der Waals surface area contributed by atoms with E-state index in [4.69, 9.17) is 16.9 Å². The molecule has 0 saturated heterocycles. The third-order valence-electron chi connectivity index (χ3n) is 3.93. The Bertz CT molecular complexity index is 847. The number of rotatable bonds is 2. The van der Waals surface area contributed by atoms with Gasteiger partial charge in [-0.1, -0.05) is 30.4 Å². The van der Waals surface area contributed by atoms with Crippen molar-refractivity contribution >= 4 is 64.6 Å². The first-order chi connectivity index (χ1) is 11.0. The van der Waals surface area contributed by atoms with Gasteiger partial charge >= 0.3 is 29.6 Å². The summed E-state index contributed by atoms with van der Waals surface area (Å²) in [5, 5.41) is 7.69. The molecule has 124 valence electrons. The van der Waals surface area contributed by atoms with Gasteiger partial charge in [-0.2, -0.15) is 0 Å². The van der Waals surface area contributed by atoms with Crippen molar-refractivity contribution in [3.63, 3.8) is 0 Å². The first-order valence-electron chi connectivity index (χ1n) is 7.46. The van der Waals surface area contributed by atoms with Crippen LogP contribution in [0.15, 0.2) is 72.3 Å². The van der Waals surface area contributed by atoms with Crippen LogP contribution in [0.4, 0.5) is 11.4 Å². The number of allylic oxidation sites excluding steroid dienone is 5. The number of anilines is 2. The van der Waals surface area contributed by atoms with Crippen molar-refractivity contribution in [3.8, 4) is 0 Å². The summed E-state index contributed by atoms with van der Waals surface area (Å²) in [5.41, 5.74) is 19.2. The van der Waals surface area contributed by atoms with E-state index in [1.807, 2.05) is 55.5 Å². The van der Waals surface area contributed by atoms with Crippen LogP contribution in [0.1, 0.15) is 16.7 Å². The van der Waals surface area contributed by atoms with Crippen LogP contribution >= 0.6 is 12.4 Å². The zero-order valence-corrected chi connectivity index (χ0v) is 14.2. The molecule has 0 aromatic heterocycles. The zero-order chi connectivity index (χ0) is 16.4. The van der Waals surface area contributed by atoms with Gasteiger partial charge in [-0.3, -0.25) is 0 Å². The molecule has 3 nitrogen and oxygen atoms in total. The number of nitrogens with one attached hydrogen (secondary N) is 1. The van der Waals surface area contributed by atoms with Crippen LogP contribution < -0.4 is 11.5 Å². The van der Waals surface area contributed by atoms with Crippen molar-refractivity contribution in [2.45, 2.75) is 6.92 Å². The zero-order valence-electron chi connectivity index (χ0n) is 13.4. The molecular formula is C20H21ClN3Na. The minimum absolute atomic E-state index is 0. The number of aryl methyl sites for hydroxylation is 1. The fraction of sp³-hybridized carbons (Fsp3) is 0.0500. The molecule has 3 rings (SSSR count). The molecule has 0 atom stereocenters. The molecule has 0 heterocycles. The molecule has 0 amide bonds. The SMILES string of the molecule is Cc1cc(C(=C2C=CC(=N)C=C2)c2ccc(N)cc2)ccc1N.Cl.[NaH]. The normalized spacial score (nSPS) is 12.4.